The lowest BCUT2D eigenvalue weighted by molar-refractivity contribution is -0.137. The molecule has 1 aliphatic heterocycles. The lowest BCUT2D eigenvalue weighted by Gasteiger charge is -2.37. The number of alkyl halides is 3. The molecule has 12 heteroatoms. The van der Waals surface area contributed by atoms with Gasteiger partial charge < -0.3 is 24.7 Å². The molecule has 1 atom stereocenters. The Labute approximate surface area is 222 Å². The third-order valence-corrected chi connectivity index (χ3v) is 5.97. The zero-order valence-electron chi connectivity index (χ0n) is 21.6. The van der Waals surface area contributed by atoms with Crippen LogP contribution in [0.25, 0.3) is 0 Å². The fraction of sp³-hybridized carbons (Fsp3) is 0.370. The molecule has 1 aliphatic rings. The first-order valence-electron chi connectivity index (χ1n) is 12.3. The highest BCUT2D eigenvalue weighted by Gasteiger charge is 2.32. The minimum absolute atomic E-state index is 0.0866. The van der Waals surface area contributed by atoms with Gasteiger partial charge in [0.1, 0.15) is 18.0 Å². The molecule has 0 fully saturated rings. The van der Waals surface area contributed by atoms with Crippen molar-refractivity contribution in [1.29, 1.82) is 0 Å². The van der Waals surface area contributed by atoms with Gasteiger partial charge in [-0.2, -0.15) is 13.2 Å². The van der Waals surface area contributed by atoms with E-state index in [0.29, 0.717) is 24.4 Å². The molecule has 3 aromatic rings. The summed E-state index contributed by atoms with van der Waals surface area (Å²) in [5.41, 5.74) is -0.312. The minimum Gasteiger partial charge on any atom is -0.487 e. The predicted molar refractivity (Wildman–Crippen MR) is 138 cm³/mol. The topological polar surface area (TPSA) is 117 Å². The Kier molecular flexibility index (Phi) is 7.75. The molecule has 1 unspecified atom stereocenters. The number of carbonyl (C=O) groups excluding carboxylic acids is 1. The van der Waals surface area contributed by atoms with Crippen molar-refractivity contribution in [3.05, 3.63) is 86.2 Å². The van der Waals surface area contributed by atoms with Gasteiger partial charge in [-0.25, -0.2) is 9.59 Å². The summed E-state index contributed by atoms with van der Waals surface area (Å²) in [6.07, 6.45) is -4.54. The maximum atomic E-state index is 13.2. The molecule has 2 aromatic carbocycles. The Morgan fingerprint density at radius 2 is 1.79 bits per heavy atom. The van der Waals surface area contributed by atoms with E-state index in [1.807, 2.05) is 11.0 Å². The van der Waals surface area contributed by atoms with E-state index in [2.05, 4.69) is 15.3 Å². The number of carbonyl (C=O) groups is 1. The summed E-state index contributed by atoms with van der Waals surface area (Å²) in [6, 6.07) is 11.4. The van der Waals surface area contributed by atoms with Crippen LogP contribution in [0.1, 0.15) is 37.6 Å². The minimum atomic E-state index is -4.46. The van der Waals surface area contributed by atoms with Crippen molar-refractivity contribution in [1.82, 2.24) is 15.3 Å². The number of rotatable bonds is 6. The Balaban J connectivity index is 1.63. The number of benzene rings is 2. The first kappa shape index (κ1) is 27.8. The average Bonchev–Trinajstić information content (AvgIpc) is 2.84. The highest BCUT2D eigenvalue weighted by Crippen LogP contribution is 2.41. The number of anilines is 2. The van der Waals surface area contributed by atoms with Crippen LogP contribution in [0.3, 0.4) is 0 Å². The molecule has 208 valence electrons. The molecular formula is C27H29F3N4O5. The second-order valence-electron chi connectivity index (χ2n) is 10.3. The summed E-state index contributed by atoms with van der Waals surface area (Å²) < 4.78 is 50.8. The second kappa shape index (κ2) is 10.9. The lowest BCUT2D eigenvalue weighted by Crippen LogP contribution is -2.41. The molecule has 0 aliphatic carbocycles. The van der Waals surface area contributed by atoms with Crippen LogP contribution in [0.15, 0.2) is 58.1 Å². The van der Waals surface area contributed by atoms with Gasteiger partial charge in [0.05, 0.1) is 11.3 Å². The zero-order chi connectivity index (χ0) is 28.4. The summed E-state index contributed by atoms with van der Waals surface area (Å²) >= 11 is 0. The van der Waals surface area contributed by atoms with E-state index in [1.54, 1.807) is 32.9 Å². The zero-order valence-corrected chi connectivity index (χ0v) is 21.6. The van der Waals surface area contributed by atoms with Crippen LogP contribution >= 0.6 is 0 Å². The summed E-state index contributed by atoms with van der Waals surface area (Å²) in [5.74, 6) is 0.337. The van der Waals surface area contributed by atoms with Crippen LogP contribution in [-0.4, -0.2) is 34.8 Å². The molecule has 0 saturated carbocycles. The molecule has 9 nitrogen and oxygen atoms in total. The van der Waals surface area contributed by atoms with Crippen LogP contribution < -0.4 is 26.2 Å². The van der Waals surface area contributed by atoms with Crippen molar-refractivity contribution in [3.8, 4) is 5.75 Å². The first-order chi connectivity index (χ1) is 18.3. The van der Waals surface area contributed by atoms with Crippen molar-refractivity contribution >= 4 is 17.5 Å². The van der Waals surface area contributed by atoms with Crippen LogP contribution in [-0.2, 0) is 23.9 Å². The fourth-order valence-electron chi connectivity index (χ4n) is 4.36. The van der Waals surface area contributed by atoms with Crippen molar-refractivity contribution in [2.24, 2.45) is 5.92 Å². The van der Waals surface area contributed by atoms with Crippen molar-refractivity contribution in [2.45, 2.75) is 45.6 Å². The van der Waals surface area contributed by atoms with E-state index < -0.39 is 34.7 Å². The van der Waals surface area contributed by atoms with Crippen LogP contribution in [0, 0.1) is 5.92 Å². The quantitative estimate of drug-likeness (QED) is 0.420. The number of fused-ring (bicyclic) bond motifs is 1. The van der Waals surface area contributed by atoms with Gasteiger partial charge in [0, 0.05) is 36.1 Å². The lowest BCUT2D eigenvalue weighted by atomic mass is 9.91. The van der Waals surface area contributed by atoms with E-state index in [4.69, 9.17) is 9.47 Å². The third kappa shape index (κ3) is 7.21. The van der Waals surface area contributed by atoms with Gasteiger partial charge in [-0.3, -0.25) is 9.78 Å². The highest BCUT2D eigenvalue weighted by molar-refractivity contribution is 5.71. The molecule has 0 saturated heterocycles. The third-order valence-electron chi connectivity index (χ3n) is 5.97. The number of halogens is 3. The number of nitrogens with one attached hydrogen (secondary N) is 3. The maximum absolute atomic E-state index is 13.2. The standard InChI is InChI=1S/C27H29F3N4O5/c1-26(2,3)39-25(37)31-13-16-11-20-21(34(14-16)19-9-7-17(8-10-19)27(28,29)30)5-4-6-22(20)38-15-18-12-23(35)33-24(36)32-18/h4-10,12,16H,11,13-15H2,1-3H3,(H,31,37)(H2,32,33,35,36). The van der Waals surface area contributed by atoms with Gasteiger partial charge in [-0.1, -0.05) is 6.07 Å². The van der Waals surface area contributed by atoms with Gasteiger partial charge in [-0.15, -0.1) is 0 Å². The molecule has 0 spiro atoms. The van der Waals surface area contributed by atoms with E-state index in [1.165, 1.54) is 18.2 Å². The number of ether oxygens (including phenoxy) is 2. The molecular weight excluding hydrogens is 517 g/mol. The fourth-order valence-corrected chi connectivity index (χ4v) is 4.36. The summed E-state index contributed by atoms with van der Waals surface area (Å²) in [7, 11) is 0. The van der Waals surface area contributed by atoms with Gasteiger partial charge >= 0.3 is 18.0 Å². The molecule has 0 radical (unpaired) electrons. The van der Waals surface area contributed by atoms with Crippen LogP contribution in [0.4, 0.5) is 29.3 Å². The Hall–Kier alpha value is -4.22. The van der Waals surface area contributed by atoms with Crippen molar-refractivity contribution in [3.63, 3.8) is 0 Å². The second-order valence-corrected chi connectivity index (χ2v) is 10.3. The van der Waals surface area contributed by atoms with Gasteiger partial charge in [-0.05, 0) is 69.5 Å². The summed E-state index contributed by atoms with van der Waals surface area (Å²) in [4.78, 5) is 42.0. The van der Waals surface area contributed by atoms with Gasteiger partial charge in [0.25, 0.3) is 5.56 Å². The van der Waals surface area contributed by atoms with Crippen molar-refractivity contribution < 1.29 is 27.4 Å². The molecule has 3 N–H and O–H groups in total. The van der Waals surface area contributed by atoms with E-state index in [0.717, 1.165) is 23.4 Å². The Bertz CT molecular complexity index is 1410. The van der Waals surface area contributed by atoms with E-state index >= 15 is 0 Å². The largest absolute Gasteiger partial charge is 0.487 e. The van der Waals surface area contributed by atoms with Crippen LogP contribution in [0.2, 0.25) is 0 Å². The number of H-pyrrole nitrogens is 2. The SMILES string of the molecule is CC(C)(C)OC(=O)NCC1Cc2c(OCc3cc(=O)[nH]c(=O)[nH]3)cccc2N(c2ccc(C(F)(F)F)cc2)C1. The molecule has 0 bridgehead atoms. The summed E-state index contributed by atoms with van der Waals surface area (Å²) in [6.45, 7) is 5.85. The average molecular weight is 547 g/mol. The number of hydrogen-bond donors (Lipinski definition) is 3. The monoisotopic (exact) mass is 546 g/mol. The van der Waals surface area contributed by atoms with E-state index in [9.17, 15) is 27.6 Å². The number of nitrogens with zero attached hydrogens (tertiary/aromatic N) is 1. The number of aromatic nitrogens is 2. The first-order valence-corrected chi connectivity index (χ1v) is 12.3. The van der Waals surface area contributed by atoms with E-state index in [-0.39, 0.29) is 24.8 Å². The molecule has 2 heterocycles. The molecule has 4 rings (SSSR count). The molecule has 1 aromatic heterocycles. The van der Waals surface area contributed by atoms with Crippen LogP contribution in [0.5, 0.6) is 5.75 Å². The van der Waals surface area contributed by atoms with Crippen molar-refractivity contribution in [2.75, 3.05) is 18.0 Å². The number of amides is 1. The van der Waals surface area contributed by atoms with Gasteiger partial charge in [0.2, 0.25) is 0 Å². The van der Waals surface area contributed by atoms with Gasteiger partial charge in [0.15, 0.2) is 0 Å². The smallest absolute Gasteiger partial charge is 0.416 e. The maximum Gasteiger partial charge on any atom is 0.416 e. The Morgan fingerprint density at radius 1 is 1.08 bits per heavy atom. The number of hydrogen-bond acceptors (Lipinski definition) is 6. The molecule has 39 heavy (non-hydrogen) atoms. The number of alkyl carbamates (subject to hydrolysis) is 1. The predicted octanol–water partition coefficient (Wildman–Crippen LogP) is 4.50. The normalized spacial score (nSPS) is 15.4. The highest BCUT2D eigenvalue weighted by atomic mass is 19.4. The Morgan fingerprint density at radius 3 is 2.44 bits per heavy atom. The molecule has 1 amide bonds. The number of aromatic amines is 2. The summed E-state index contributed by atoms with van der Waals surface area (Å²) in [5, 5.41) is 2.78.